The summed E-state index contributed by atoms with van der Waals surface area (Å²) in [6.45, 7) is 5.75. The SMILES string of the molecule is COc1cc(S(=O)(=O)N2CCC(c3nc4ccccc4s3)CC2)ccc1S(=O)(=O)N1C[C@H](C)C[C@@H](C)C1. The van der Waals surface area contributed by atoms with Crippen molar-refractivity contribution >= 4 is 41.6 Å². The molecule has 1 aromatic heterocycles. The van der Waals surface area contributed by atoms with Gasteiger partial charge in [-0.2, -0.15) is 8.61 Å². The minimum Gasteiger partial charge on any atom is -0.495 e. The predicted molar refractivity (Wildman–Crippen MR) is 145 cm³/mol. The Morgan fingerprint density at radius 3 is 2.24 bits per heavy atom. The Bertz CT molecular complexity index is 1450. The standard InChI is InChI=1S/C26H33N3O5S3/c1-18-14-19(2)17-29(16-18)37(32,33)25-9-8-21(15-23(25)34-3)36(30,31)28-12-10-20(11-13-28)26-27-22-6-4-5-7-24(22)35-26/h4-9,15,18-20H,10-14,16-17H2,1-3H3/t18-,19-/m1/s1. The highest BCUT2D eigenvalue weighted by Crippen LogP contribution is 2.37. The molecule has 2 atom stereocenters. The average molecular weight is 564 g/mol. The largest absolute Gasteiger partial charge is 0.495 e. The fourth-order valence-corrected chi connectivity index (χ4v) is 9.96. The lowest BCUT2D eigenvalue weighted by Crippen LogP contribution is -2.42. The Morgan fingerprint density at radius 1 is 0.919 bits per heavy atom. The number of hydrogen-bond donors (Lipinski definition) is 0. The van der Waals surface area contributed by atoms with Crippen LogP contribution in [0.5, 0.6) is 5.75 Å². The van der Waals surface area contributed by atoms with Gasteiger partial charge in [-0.25, -0.2) is 21.8 Å². The number of nitrogens with zero attached hydrogens (tertiary/aromatic N) is 3. The quantitative estimate of drug-likeness (QED) is 0.437. The van der Waals surface area contributed by atoms with Gasteiger partial charge in [-0.1, -0.05) is 26.0 Å². The van der Waals surface area contributed by atoms with Crippen molar-refractivity contribution in [2.75, 3.05) is 33.3 Å². The summed E-state index contributed by atoms with van der Waals surface area (Å²) in [5, 5.41) is 1.05. The summed E-state index contributed by atoms with van der Waals surface area (Å²) in [7, 11) is -6.24. The molecule has 0 unspecified atom stereocenters. The van der Waals surface area contributed by atoms with Crippen LogP contribution >= 0.6 is 11.3 Å². The molecule has 3 aromatic rings. The Balaban J connectivity index is 1.34. The molecule has 0 radical (unpaired) electrons. The van der Waals surface area contributed by atoms with Gasteiger partial charge in [0.25, 0.3) is 0 Å². The summed E-state index contributed by atoms with van der Waals surface area (Å²) in [5.41, 5.74) is 0.980. The van der Waals surface area contributed by atoms with Gasteiger partial charge in [-0.15, -0.1) is 11.3 Å². The molecule has 2 saturated heterocycles. The number of ether oxygens (including phenoxy) is 1. The molecule has 2 fully saturated rings. The maximum Gasteiger partial charge on any atom is 0.246 e. The monoisotopic (exact) mass is 563 g/mol. The predicted octanol–water partition coefficient (Wildman–Crippen LogP) is 4.54. The first-order valence-corrected chi connectivity index (χ1v) is 16.3. The number of fused-ring (bicyclic) bond motifs is 1. The average Bonchev–Trinajstić information content (AvgIpc) is 3.32. The third-order valence-corrected chi connectivity index (χ3v) is 12.3. The molecular weight excluding hydrogens is 531 g/mol. The van der Waals surface area contributed by atoms with Crippen LogP contribution in [-0.4, -0.2) is 63.7 Å². The van der Waals surface area contributed by atoms with Crippen LogP contribution in [0.2, 0.25) is 0 Å². The van der Waals surface area contributed by atoms with Gasteiger partial charge < -0.3 is 4.74 Å². The van der Waals surface area contributed by atoms with Crippen molar-refractivity contribution in [3.05, 3.63) is 47.5 Å². The van der Waals surface area contributed by atoms with E-state index in [1.807, 2.05) is 32.0 Å². The zero-order valence-electron chi connectivity index (χ0n) is 21.3. The van der Waals surface area contributed by atoms with Crippen molar-refractivity contribution in [1.29, 1.82) is 0 Å². The highest BCUT2D eigenvalue weighted by atomic mass is 32.2. The Morgan fingerprint density at radius 2 is 1.59 bits per heavy atom. The van der Waals surface area contributed by atoms with Crippen LogP contribution < -0.4 is 4.74 Å². The van der Waals surface area contributed by atoms with Crippen molar-refractivity contribution in [2.45, 2.75) is 48.8 Å². The van der Waals surface area contributed by atoms with Crippen molar-refractivity contribution in [1.82, 2.24) is 13.6 Å². The smallest absolute Gasteiger partial charge is 0.246 e. The summed E-state index contributed by atoms with van der Waals surface area (Å²) < 4.78 is 63.4. The highest BCUT2D eigenvalue weighted by Gasteiger charge is 2.36. The summed E-state index contributed by atoms with van der Waals surface area (Å²) in [5.74, 6) is 0.793. The van der Waals surface area contributed by atoms with Crippen molar-refractivity contribution in [2.24, 2.45) is 11.8 Å². The molecule has 2 aromatic carbocycles. The third-order valence-electron chi connectivity index (χ3n) is 7.34. The molecule has 0 aliphatic carbocycles. The van der Waals surface area contributed by atoms with E-state index in [9.17, 15) is 16.8 Å². The minimum atomic E-state index is -3.81. The molecule has 0 spiro atoms. The lowest BCUT2D eigenvalue weighted by Gasteiger charge is -2.34. The van der Waals surface area contributed by atoms with Gasteiger partial charge in [0.15, 0.2) is 0 Å². The molecule has 0 amide bonds. The van der Waals surface area contributed by atoms with Crippen LogP contribution in [0.15, 0.2) is 52.3 Å². The van der Waals surface area contributed by atoms with Gasteiger partial charge in [-0.05, 0) is 55.4 Å². The van der Waals surface area contributed by atoms with Crippen LogP contribution in [0.1, 0.15) is 44.0 Å². The van der Waals surface area contributed by atoms with E-state index >= 15 is 0 Å². The van der Waals surface area contributed by atoms with E-state index < -0.39 is 20.0 Å². The number of rotatable bonds is 6. The van der Waals surface area contributed by atoms with E-state index in [4.69, 9.17) is 9.72 Å². The molecular formula is C26H33N3O5S3. The molecule has 37 heavy (non-hydrogen) atoms. The van der Waals surface area contributed by atoms with Gasteiger partial charge in [0, 0.05) is 38.2 Å². The van der Waals surface area contributed by atoms with E-state index in [0.29, 0.717) is 39.0 Å². The van der Waals surface area contributed by atoms with E-state index in [1.54, 1.807) is 11.3 Å². The van der Waals surface area contributed by atoms with Crippen LogP contribution in [0.25, 0.3) is 10.2 Å². The topological polar surface area (TPSA) is 96.9 Å². The van der Waals surface area contributed by atoms with Gasteiger partial charge in [0.2, 0.25) is 20.0 Å². The molecule has 0 saturated carbocycles. The lowest BCUT2D eigenvalue weighted by atomic mass is 9.94. The number of thiazole rings is 1. The minimum absolute atomic E-state index is 0.00444. The van der Waals surface area contributed by atoms with E-state index in [-0.39, 0.29) is 33.3 Å². The second-order valence-electron chi connectivity index (χ2n) is 10.3. The molecule has 2 aliphatic rings. The number of hydrogen-bond acceptors (Lipinski definition) is 7. The third kappa shape index (κ3) is 5.16. The highest BCUT2D eigenvalue weighted by molar-refractivity contribution is 7.89. The fourth-order valence-electron chi connectivity index (χ4n) is 5.52. The molecule has 5 rings (SSSR count). The number of aromatic nitrogens is 1. The van der Waals surface area contributed by atoms with Crippen molar-refractivity contribution in [3.63, 3.8) is 0 Å². The number of piperidine rings is 2. The number of benzene rings is 2. The Kier molecular flexibility index (Phi) is 7.36. The molecule has 11 heteroatoms. The van der Waals surface area contributed by atoms with Crippen molar-refractivity contribution < 1.29 is 21.6 Å². The molecule has 3 heterocycles. The first-order valence-electron chi connectivity index (χ1n) is 12.6. The second kappa shape index (κ2) is 10.3. The maximum atomic E-state index is 13.5. The number of methoxy groups -OCH3 is 1. The second-order valence-corrected chi connectivity index (χ2v) is 15.2. The normalized spacial score (nSPS) is 22.9. The van der Waals surface area contributed by atoms with Crippen LogP contribution in [0.3, 0.4) is 0 Å². The van der Waals surface area contributed by atoms with Gasteiger partial charge in [0.05, 0.1) is 27.2 Å². The molecule has 2 aliphatic heterocycles. The zero-order valence-corrected chi connectivity index (χ0v) is 23.8. The Hall–Kier alpha value is -2.05. The summed E-state index contributed by atoms with van der Waals surface area (Å²) in [6, 6.07) is 12.1. The van der Waals surface area contributed by atoms with E-state index in [1.165, 1.54) is 33.9 Å². The van der Waals surface area contributed by atoms with E-state index in [2.05, 4.69) is 6.07 Å². The fraction of sp³-hybridized carbons (Fsp3) is 0.500. The molecule has 0 N–H and O–H groups in total. The summed E-state index contributed by atoms with van der Waals surface area (Å²) in [4.78, 5) is 4.81. The van der Waals surface area contributed by atoms with Crippen LogP contribution in [-0.2, 0) is 20.0 Å². The number of para-hydroxylation sites is 1. The zero-order chi connectivity index (χ0) is 26.4. The molecule has 8 nitrogen and oxygen atoms in total. The van der Waals surface area contributed by atoms with Gasteiger partial charge >= 0.3 is 0 Å². The number of sulfonamides is 2. The molecule has 0 bridgehead atoms. The Labute approximate surface area is 223 Å². The lowest BCUT2D eigenvalue weighted by molar-refractivity contribution is 0.222. The van der Waals surface area contributed by atoms with Crippen LogP contribution in [0.4, 0.5) is 0 Å². The van der Waals surface area contributed by atoms with Gasteiger partial charge in [-0.3, -0.25) is 0 Å². The summed E-state index contributed by atoms with van der Waals surface area (Å²) >= 11 is 1.67. The van der Waals surface area contributed by atoms with E-state index in [0.717, 1.165) is 21.6 Å². The van der Waals surface area contributed by atoms with Crippen molar-refractivity contribution in [3.8, 4) is 5.75 Å². The maximum absolute atomic E-state index is 13.5. The molecule has 200 valence electrons. The first kappa shape index (κ1) is 26.6. The van der Waals surface area contributed by atoms with Crippen LogP contribution in [0, 0.1) is 11.8 Å². The summed E-state index contributed by atoms with van der Waals surface area (Å²) in [6.07, 6.45) is 2.36. The van der Waals surface area contributed by atoms with Gasteiger partial charge in [0.1, 0.15) is 10.6 Å². The first-order chi connectivity index (χ1) is 17.6.